The molecule has 1 aliphatic carbocycles. The molecule has 0 heterocycles. The molecule has 1 N–H and O–H groups in total. The zero-order valence-electron chi connectivity index (χ0n) is 11.5. The fraction of sp³-hybridized carbons (Fsp3) is 0.188. The third kappa shape index (κ3) is 2.74. The zero-order chi connectivity index (χ0) is 15.7. The summed E-state index contributed by atoms with van der Waals surface area (Å²) in [7, 11) is 0. The molecule has 3 rings (SSSR count). The third-order valence-electron chi connectivity index (χ3n) is 3.75. The van der Waals surface area contributed by atoms with Gasteiger partial charge in [0.15, 0.2) is 0 Å². The Balaban J connectivity index is 1.78. The van der Waals surface area contributed by atoms with Crippen LogP contribution < -0.4 is 5.32 Å². The lowest BCUT2D eigenvalue weighted by Crippen LogP contribution is -2.07. The largest absolute Gasteiger partial charge is 0.376 e. The smallest absolute Gasteiger partial charge is 0.292 e. The van der Waals surface area contributed by atoms with Crippen LogP contribution in [0.25, 0.3) is 0 Å². The molecular formula is C16H12FN3O2. The number of anilines is 1. The Labute approximate surface area is 126 Å². The molecule has 1 aliphatic rings. The highest BCUT2D eigenvalue weighted by molar-refractivity contribution is 5.65. The maximum atomic E-state index is 12.9. The molecule has 0 bridgehead atoms. The maximum Gasteiger partial charge on any atom is 0.292 e. The lowest BCUT2D eigenvalue weighted by molar-refractivity contribution is -0.384. The molecule has 110 valence electrons. The van der Waals surface area contributed by atoms with Gasteiger partial charge in [0.1, 0.15) is 11.5 Å². The van der Waals surface area contributed by atoms with Crippen LogP contribution in [0.4, 0.5) is 15.8 Å². The van der Waals surface area contributed by atoms with Crippen molar-refractivity contribution in [1.29, 1.82) is 5.26 Å². The number of hydrogen-bond acceptors (Lipinski definition) is 4. The maximum absolute atomic E-state index is 12.9. The van der Waals surface area contributed by atoms with E-state index in [1.54, 1.807) is 12.1 Å². The van der Waals surface area contributed by atoms with Crippen molar-refractivity contribution >= 4 is 11.4 Å². The Hall–Kier alpha value is -2.94. The fourth-order valence-electron chi connectivity index (χ4n) is 2.51. The van der Waals surface area contributed by atoms with Gasteiger partial charge < -0.3 is 5.32 Å². The SMILES string of the molecule is N#Cc1ccc([N+](=O)[O-])c(N[C@@H]2C[C@H]2c2ccc(F)cc2)c1. The molecule has 0 radical (unpaired) electrons. The minimum Gasteiger partial charge on any atom is -0.376 e. The highest BCUT2D eigenvalue weighted by Gasteiger charge is 2.39. The first-order valence-corrected chi connectivity index (χ1v) is 6.79. The van der Waals surface area contributed by atoms with Crippen LogP contribution in [0.1, 0.15) is 23.5 Å². The quantitative estimate of drug-likeness (QED) is 0.691. The van der Waals surface area contributed by atoms with Crippen molar-refractivity contribution in [3.63, 3.8) is 0 Å². The number of rotatable bonds is 4. The number of benzene rings is 2. The topological polar surface area (TPSA) is 79.0 Å². The van der Waals surface area contributed by atoms with Crippen molar-refractivity contribution < 1.29 is 9.31 Å². The van der Waals surface area contributed by atoms with E-state index in [4.69, 9.17) is 5.26 Å². The number of nitriles is 1. The summed E-state index contributed by atoms with van der Waals surface area (Å²) < 4.78 is 12.9. The molecule has 6 heteroatoms. The molecule has 0 aliphatic heterocycles. The molecule has 0 amide bonds. The van der Waals surface area contributed by atoms with Crippen LogP contribution in [0.15, 0.2) is 42.5 Å². The van der Waals surface area contributed by atoms with Crippen molar-refractivity contribution in [2.24, 2.45) is 0 Å². The van der Waals surface area contributed by atoms with Crippen molar-refractivity contribution in [2.45, 2.75) is 18.4 Å². The third-order valence-corrected chi connectivity index (χ3v) is 3.75. The van der Waals surface area contributed by atoms with Crippen LogP contribution in [0.3, 0.4) is 0 Å². The Morgan fingerprint density at radius 2 is 2.00 bits per heavy atom. The van der Waals surface area contributed by atoms with Crippen molar-refractivity contribution in [1.82, 2.24) is 0 Å². The number of hydrogen-bond donors (Lipinski definition) is 1. The van der Waals surface area contributed by atoms with Crippen molar-refractivity contribution in [2.75, 3.05) is 5.32 Å². The molecule has 0 unspecified atom stereocenters. The van der Waals surface area contributed by atoms with Gasteiger partial charge in [-0.25, -0.2) is 4.39 Å². The van der Waals surface area contributed by atoms with E-state index >= 15 is 0 Å². The van der Waals surface area contributed by atoms with Gasteiger partial charge in [0.25, 0.3) is 5.69 Å². The van der Waals surface area contributed by atoms with Crippen molar-refractivity contribution in [3.05, 3.63) is 69.5 Å². The van der Waals surface area contributed by atoms with Crippen LogP contribution in [0.5, 0.6) is 0 Å². The minimum atomic E-state index is -0.473. The van der Waals surface area contributed by atoms with Crippen LogP contribution in [-0.4, -0.2) is 11.0 Å². The highest BCUT2D eigenvalue weighted by atomic mass is 19.1. The molecule has 0 aromatic heterocycles. The molecule has 2 atom stereocenters. The molecule has 2 aromatic carbocycles. The molecule has 1 saturated carbocycles. The molecule has 5 nitrogen and oxygen atoms in total. The lowest BCUT2D eigenvalue weighted by Gasteiger charge is -2.07. The first kappa shape index (κ1) is 14.0. The zero-order valence-corrected chi connectivity index (χ0v) is 11.5. The monoisotopic (exact) mass is 297 g/mol. The predicted molar refractivity (Wildman–Crippen MR) is 79.0 cm³/mol. The molecule has 1 fully saturated rings. The Morgan fingerprint density at radius 3 is 2.64 bits per heavy atom. The fourth-order valence-corrected chi connectivity index (χ4v) is 2.51. The minimum absolute atomic E-state index is 0.0521. The van der Waals surface area contributed by atoms with Gasteiger partial charge in [-0.3, -0.25) is 10.1 Å². The van der Waals surface area contributed by atoms with E-state index < -0.39 is 4.92 Å². The van der Waals surface area contributed by atoms with Gasteiger partial charge in [-0.2, -0.15) is 5.26 Å². The number of nitrogens with zero attached hydrogens (tertiary/aromatic N) is 2. The van der Waals surface area contributed by atoms with Gasteiger partial charge in [0, 0.05) is 18.0 Å². The van der Waals surface area contributed by atoms with Crippen LogP contribution in [0.2, 0.25) is 0 Å². The Kier molecular flexibility index (Phi) is 3.47. The average molecular weight is 297 g/mol. The summed E-state index contributed by atoms with van der Waals surface area (Å²) in [6.45, 7) is 0. The predicted octanol–water partition coefficient (Wildman–Crippen LogP) is 3.57. The molecular weight excluding hydrogens is 285 g/mol. The van der Waals surface area contributed by atoms with Crippen LogP contribution >= 0.6 is 0 Å². The first-order chi connectivity index (χ1) is 10.6. The van der Waals surface area contributed by atoms with Crippen molar-refractivity contribution in [3.8, 4) is 6.07 Å². The first-order valence-electron chi connectivity index (χ1n) is 6.79. The van der Waals surface area contributed by atoms with Crippen LogP contribution in [0, 0.1) is 27.3 Å². The van der Waals surface area contributed by atoms with E-state index in [9.17, 15) is 14.5 Å². The summed E-state index contributed by atoms with van der Waals surface area (Å²) in [5.41, 5.74) is 1.66. The summed E-state index contributed by atoms with van der Waals surface area (Å²) in [6, 6.07) is 12.5. The molecule has 0 spiro atoms. The standard InChI is InChI=1S/C16H12FN3O2/c17-12-4-2-11(3-5-12)13-8-14(13)19-15-7-10(9-18)1-6-16(15)20(21)22/h1-7,13-14,19H,8H2/t13-,14+/m0/s1. The lowest BCUT2D eigenvalue weighted by atomic mass is 10.1. The van der Waals surface area contributed by atoms with E-state index in [0.717, 1.165) is 12.0 Å². The van der Waals surface area contributed by atoms with E-state index in [1.807, 2.05) is 6.07 Å². The van der Waals surface area contributed by atoms with E-state index in [1.165, 1.54) is 30.3 Å². The second-order valence-corrected chi connectivity index (χ2v) is 5.25. The summed E-state index contributed by atoms with van der Waals surface area (Å²) in [6.07, 6.45) is 0.819. The number of nitro groups is 1. The second-order valence-electron chi connectivity index (χ2n) is 5.25. The molecule has 22 heavy (non-hydrogen) atoms. The van der Waals surface area contributed by atoms with E-state index in [-0.39, 0.29) is 23.5 Å². The van der Waals surface area contributed by atoms with Gasteiger partial charge >= 0.3 is 0 Å². The number of halogens is 1. The molecule has 0 saturated heterocycles. The Morgan fingerprint density at radius 1 is 1.27 bits per heavy atom. The van der Waals surface area contributed by atoms with E-state index in [2.05, 4.69) is 5.32 Å². The molecule has 2 aromatic rings. The van der Waals surface area contributed by atoms with Gasteiger partial charge in [0.05, 0.1) is 16.6 Å². The van der Waals surface area contributed by atoms with Crippen LogP contribution in [-0.2, 0) is 0 Å². The van der Waals surface area contributed by atoms with E-state index in [0.29, 0.717) is 11.3 Å². The normalized spacial score (nSPS) is 19.3. The van der Waals surface area contributed by atoms with Gasteiger partial charge in [-0.1, -0.05) is 12.1 Å². The van der Waals surface area contributed by atoms with Gasteiger partial charge in [-0.05, 0) is 36.2 Å². The second kappa shape index (κ2) is 5.45. The van der Waals surface area contributed by atoms with Gasteiger partial charge in [-0.15, -0.1) is 0 Å². The average Bonchev–Trinajstić information content (AvgIpc) is 3.26. The summed E-state index contributed by atoms with van der Waals surface area (Å²) in [5.74, 6) is -0.0859. The van der Waals surface area contributed by atoms with Gasteiger partial charge in [0.2, 0.25) is 0 Å². The summed E-state index contributed by atoms with van der Waals surface area (Å²) in [4.78, 5) is 10.6. The Bertz CT molecular complexity index is 768. The highest BCUT2D eigenvalue weighted by Crippen LogP contribution is 2.44. The summed E-state index contributed by atoms with van der Waals surface area (Å²) in [5, 5.41) is 23.1. The number of nitro benzene ring substituents is 1. The summed E-state index contributed by atoms with van der Waals surface area (Å²) >= 11 is 0. The number of nitrogens with one attached hydrogen (secondary N) is 1.